The number of rotatable bonds is 3. The molecule has 0 spiro atoms. The fourth-order valence-electron chi connectivity index (χ4n) is 1.03. The van der Waals surface area contributed by atoms with Crippen molar-refractivity contribution in [3.05, 3.63) is 27.6 Å². The van der Waals surface area contributed by atoms with Crippen molar-refractivity contribution in [2.24, 2.45) is 0 Å². The Kier molecular flexibility index (Phi) is 3.33. The van der Waals surface area contributed by atoms with Crippen molar-refractivity contribution < 1.29 is 18.5 Å². The zero-order valence-electron chi connectivity index (χ0n) is 7.49. The van der Waals surface area contributed by atoms with Crippen LogP contribution in [-0.2, 0) is 0 Å². The van der Waals surface area contributed by atoms with Gasteiger partial charge in [0, 0.05) is 0 Å². The number of nitrogens with zero attached hydrogens (tertiary/aromatic N) is 2. The molecule has 0 bridgehead atoms. The van der Waals surface area contributed by atoms with E-state index in [-0.39, 0.29) is 0 Å². The fraction of sp³-hybridized carbons (Fsp3) is 0.143. The van der Waals surface area contributed by atoms with Crippen LogP contribution >= 0.6 is 11.6 Å². The van der Waals surface area contributed by atoms with E-state index in [1.54, 1.807) is 0 Å². The molecule has 0 radical (unpaired) electrons. The number of hydrogen-bond donors (Lipinski definition) is 1. The molecule has 0 saturated carbocycles. The number of halogens is 3. The smallest absolute Gasteiger partial charge is 0.319 e. The van der Waals surface area contributed by atoms with Gasteiger partial charge in [-0.3, -0.25) is 14.9 Å². The first kappa shape index (κ1) is 12.2. The van der Waals surface area contributed by atoms with E-state index in [4.69, 9.17) is 17.3 Å². The number of nitrogens with two attached hydrogens (primary N) is 1. The lowest BCUT2D eigenvalue weighted by Crippen LogP contribution is -2.07. The van der Waals surface area contributed by atoms with Crippen molar-refractivity contribution in [2.45, 2.75) is 6.43 Å². The van der Waals surface area contributed by atoms with Gasteiger partial charge in [0.15, 0.2) is 5.69 Å². The third-order valence-corrected chi connectivity index (χ3v) is 1.83. The van der Waals surface area contributed by atoms with Gasteiger partial charge in [-0.15, -0.1) is 0 Å². The number of nitrogen functional groups attached to an aromatic ring is 1. The van der Waals surface area contributed by atoms with E-state index in [9.17, 15) is 23.7 Å². The van der Waals surface area contributed by atoms with Gasteiger partial charge >= 0.3 is 5.69 Å². The Bertz CT molecular complexity index is 466. The number of hydrogen-bond acceptors (Lipinski definition) is 5. The zero-order valence-corrected chi connectivity index (χ0v) is 8.24. The Labute approximate surface area is 92.2 Å². The van der Waals surface area contributed by atoms with Crippen molar-refractivity contribution in [1.82, 2.24) is 4.98 Å². The molecule has 0 saturated heterocycles. The van der Waals surface area contributed by atoms with Crippen molar-refractivity contribution in [3.8, 4) is 0 Å². The molecule has 0 atom stereocenters. The maximum atomic E-state index is 12.4. The average molecular weight is 252 g/mol. The monoisotopic (exact) mass is 251 g/mol. The number of carbonyl (C=O) groups excluding carboxylic acids is 1. The first-order valence-electron chi connectivity index (χ1n) is 3.77. The molecule has 2 N–H and O–H groups in total. The largest absolute Gasteiger partial charge is 0.393 e. The molecule has 0 aliphatic heterocycles. The number of anilines is 1. The van der Waals surface area contributed by atoms with Crippen molar-refractivity contribution in [1.29, 1.82) is 0 Å². The lowest BCUT2D eigenvalue weighted by Gasteiger charge is -2.04. The molecule has 86 valence electrons. The Morgan fingerprint density at radius 2 is 2.19 bits per heavy atom. The van der Waals surface area contributed by atoms with Crippen LogP contribution in [0.3, 0.4) is 0 Å². The minimum atomic E-state index is -3.22. The standard InChI is InChI=1S/C7H4ClF2N3O3/c8-6(14)3-1-2(11)5(13(15)16)4(12-3)7(9)10/h1,7H,(H2,11,12). The molecule has 1 aromatic heterocycles. The molecular weight excluding hydrogens is 248 g/mol. The predicted octanol–water partition coefficient (Wildman–Crippen LogP) is 1.89. The SMILES string of the molecule is Nc1cc(C(=O)Cl)nc(C(F)F)c1[N+](=O)[O-]. The van der Waals surface area contributed by atoms with Gasteiger partial charge in [0.1, 0.15) is 11.4 Å². The third-order valence-electron chi connectivity index (χ3n) is 1.64. The topological polar surface area (TPSA) is 99.1 Å². The van der Waals surface area contributed by atoms with Gasteiger partial charge in [-0.05, 0) is 17.7 Å². The van der Waals surface area contributed by atoms with Crippen LogP contribution in [0, 0.1) is 10.1 Å². The Morgan fingerprint density at radius 1 is 1.62 bits per heavy atom. The van der Waals surface area contributed by atoms with Gasteiger partial charge in [-0.2, -0.15) is 0 Å². The van der Waals surface area contributed by atoms with Crippen LogP contribution in [0.4, 0.5) is 20.2 Å². The fourth-order valence-corrected chi connectivity index (χ4v) is 1.13. The van der Waals surface area contributed by atoms with Crippen molar-refractivity contribution in [2.75, 3.05) is 5.73 Å². The molecule has 1 heterocycles. The minimum absolute atomic E-state index is 0.555. The highest BCUT2D eigenvalue weighted by Gasteiger charge is 2.28. The lowest BCUT2D eigenvalue weighted by atomic mass is 10.2. The van der Waals surface area contributed by atoms with E-state index in [1.807, 2.05) is 0 Å². The molecule has 0 unspecified atom stereocenters. The zero-order chi connectivity index (χ0) is 12.5. The Balaban J connectivity index is 3.51. The highest BCUT2D eigenvalue weighted by molar-refractivity contribution is 6.67. The summed E-state index contributed by atoms with van der Waals surface area (Å²) < 4.78 is 24.9. The predicted molar refractivity (Wildman–Crippen MR) is 50.4 cm³/mol. The molecule has 0 aliphatic carbocycles. The van der Waals surface area contributed by atoms with Crippen LogP contribution in [-0.4, -0.2) is 15.1 Å². The van der Waals surface area contributed by atoms with Gasteiger partial charge in [-0.25, -0.2) is 13.8 Å². The van der Waals surface area contributed by atoms with E-state index < -0.39 is 39.4 Å². The summed E-state index contributed by atoms with van der Waals surface area (Å²) in [5.41, 5.74) is 1.84. The van der Waals surface area contributed by atoms with Gasteiger partial charge in [-0.1, -0.05) is 0 Å². The third kappa shape index (κ3) is 2.22. The molecule has 9 heteroatoms. The van der Waals surface area contributed by atoms with Gasteiger partial charge in [0.05, 0.1) is 4.92 Å². The van der Waals surface area contributed by atoms with Gasteiger partial charge < -0.3 is 5.73 Å². The number of nitro groups is 1. The molecule has 1 rings (SSSR count). The number of aromatic nitrogens is 1. The number of carbonyl (C=O) groups is 1. The Hall–Kier alpha value is -1.83. The molecule has 1 aromatic rings. The summed E-state index contributed by atoms with van der Waals surface area (Å²) >= 11 is 5.01. The van der Waals surface area contributed by atoms with Crippen LogP contribution in [0.5, 0.6) is 0 Å². The highest BCUT2D eigenvalue weighted by atomic mass is 35.5. The van der Waals surface area contributed by atoms with Crippen LogP contribution < -0.4 is 5.73 Å². The molecule has 16 heavy (non-hydrogen) atoms. The normalized spacial score (nSPS) is 10.5. The summed E-state index contributed by atoms with van der Waals surface area (Å²) in [5.74, 6) is 0. The van der Waals surface area contributed by atoms with Crippen molar-refractivity contribution in [3.63, 3.8) is 0 Å². The van der Waals surface area contributed by atoms with E-state index >= 15 is 0 Å². The van der Waals surface area contributed by atoms with Crippen LogP contribution in [0.2, 0.25) is 0 Å². The molecule has 0 amide bonds. The number of pyridine rings is 1. The van der Waals surface area contributed by atoms with Crippen molar-refractivity contribution >= 4 is 28.2 Å². The van der Waals surface area contributed by atoms with E-state index in [1.165, 1.54) is 0 Å². The second kappa shape index (κ2) is 4.35. The maximum Gasteiger partial charge on any atom is 0.319 e. The maximum absolute atomic E-state index is 12.4. The van der Waals surface area contributed by atoms with E-state index in [2.05, 4.69) is 4.98 Å². The Morgan fingerprint density at radius 3 is 2.56 bits per heavy atom. The summed E-state index contributed by atoms with van der Waals surface area (Å²) in [5, 5.41) is 9.34. The average Bonchev–Trinajstić information content (AvgIpc) is 2.15. The quantitative estimate of drug-likeness (QED) is 0.502. The minimum Gasteiger partial charge on any atom is -0.393 e. The summed E-state index contributed by atoms with van der Waals surface area (Å²) in [7, 11) is 0. The molecule has 0 fully saturated rings. The van der Waals surface area contributed by atoms with Gasteiger partial charge in [0.25, 0.3) is 11.7 Å². The summed E-state index contributed by atoms with van der Waals surface area (Å²) in [6, 6.07) is 0.777. The van der Waals surface area contributed by atoms with Crippen LogP contribution in [0.25, 0.3) is 0 Å². The molecule has 0 aliphatic rings. The first-order valence-corrected chi connectivity index (χ1v) is 4.15. The first-order chi connectivity index (χ1) is 7.34. The summed E-state index contributed by atoms with van der Waals surface area (Å²) in [6.45, 7) is 0. The van der Waals surface area contributed by atoms with E-state index in [0.717, 1.165) is 6.07 Å². The lowest BCUT2D eigenvalue weighted by molar-refractivity contribution is -0.385. The molecule has 0 aromatic carbocycles. The summed E-state index contributed by atoms with van der Waals surface area (Å²) in [6.07, 6.45) is -3.22. The second-order valence-electron chi connectivity index (χ2n) is 2.66. The molecule has 6 nitrogen and oxygen atoms in total. The van der Waals surface area contributed by atoms with Crippen LogP contribution in [0.15, 0.2) is 6.07 Å². The van der Waals surface area contributed by atoms with Gasteiger partial charge in [0.2, 0.25) is 0 Å². The molecular formula is C7H4ClF2N3O3. The van der Waals surface area contributed by atoms with E-state index in [0.29, 0.717) is 0 Å². The number of alkyl halides is 2. The summed E-state index contributed by atoms with van der Waals surface area (Å²) in [4.78, 5) is 23.2. The second-order valence-corrected chi connectivity index (χ2v) is 3.01. The van der Waals surface area contributed by atoms with Crippen LogP contribution in [0.1, 0.15) is 22.6 Å². The highest BCUT2D eigenvalue weighted by Crippen LogP contribution is 2.32.